The first kappa shape index (κ1) is 15.3. The van der Waals surface area contributed by atoms with Crippen LogP contribution < -0.4 is 0 Å². The Morgan fingerprint density at radius 1 is 1.09 bits per heavy atom. The minimum atomic E-state index is -0.206. The van der Waals surface area contributed by atoms with Crippen molar-refractivity contribution < 1.29 is 9.53 Å². The summed E-state index contributed by atoms with van der Waals surface area (Å²) < 4.78 is 5.40. The summed E-state index contributed by atoms with van der Waals surface area (Å²) in [5.41, 5.74) is 4.32. The lowest BCUT2D eigenvalue weighted by Gasteiger charge is -2.08. The fourth-order valence-electron chi connectivity index (χ4n) is 2.65. The molecule has 0 atom stereocenters. The Kier molecular flexibility index (Phi) is 4.47. The Balaban J connectivity index is 1.59. The number of rotatable bonds is 5. The maximum absolute atomic E-state index is 12.1. The maximum atomic E-state index is 12.1. The predicted octanol–water partition coefficient (Wildman–Crippen LogP) is 4.58. The van der Waals surface area contributed by atoms with Gasteiger partial charge in [-0.3, -0.25) is 4.79 Å². The van der Waals surface area contributed by atoms with Crippen molar-refractivity contribution in [3.63, 3.8) is 0 Å². The van der Waals surface area contributed by atoms with Crippen LogP contribution in [0.3, 0.4) is 0 Å². The van der Waals surface area contributed by atoms with Crippen molar-refractivity contribution in [2.24, 2.45) is 0 Å². The van der Waals surface area contributed by atoms with Crippen molar-refractivity contribution >= 4 is 16.9 Å². The molecule has 0 saturated carbocycles. The molecule has 1 heterocycles. The van der Waals surface area contributed by atoms with E-state index in [1.54, 1.807) is 0 Å². The smallest absolute Gasteiger partial charge is 0.310 e. The minimum absolute atomic E-state index is 0.206. The zero-order valence-corrected chi connectivity index (χ0v) is 13.5. The van der Waals surface area contributed by atoms with Crippen molar-refractivity contribution in [1.82, 2.24) is 4.98 Å². The Morgan fingerprint density at radius 2 is 1.83 bits per heavy atom. The summed E-state index contributed by atoms with van der Waals surface area (Å²) in [6, 6.07) is 16.2. The number of hydrogen-bond acceptors (Lipinski definition) is 2. The fraction of sp³-hybridized carbons (Fsp3) is 0.250. The summed E-state index contributed by atoms with van der Waals surface area (Å²) in [5.74, 6) is 0.302. The highest BCUT2D eigenvalue weighted by atomic mass is 16.5. The average molecular weight is 307 g/mol. The zero-order chi connectivity index (χ0) is 16.2. The number of esters is 1. The van der Waals surface area contributed by atoms with Gasteiger partial charge in [0.2, 0.25) is 0 Å². The minimum Gasteiger partial charge on any atom is -0.461 e. The molecule has 0 unspecified atom stereocenters. The molecule has 3 heteroatoms. The number of carbonyl (C=O) groups is 1. The maximum Gasteiger partial charge on any atom is 0.310 e. The van der Waals surface area contributed by atoms with Crippen molar-refractivity contribution in [3.05, 3.63) is 71.4 Å². The lowest BCUT2D eigenvalue weighted by Crippen LogP contribution is -2.07. The monoisotopic (exact) mass is 307 g/mol. The van der Waals surface area contributed by atoms with E-state index >= 15 is 0 Å². The normalized spacial score (nSPS) is 11.1. The van der Waals surface area contributed by atoms with Crippen LogP contribution in [-0.4, -0.2) is 11.0 Å². The first-order valence-corrected chi connectivity index (χ1v) is 7.93. The standard InChI is InChI=1S/C20H21NO2/c1-14(2)16-9-7-15(8-10-16)13-23-20(22)11-17-12-21-19-6-4-3-5-18(17)19/h3-10,12,14,21H,11,13H2,1-2H3. The molecule has 3 rings (SSSR count). The molecule has 0 radical (unpaired) electrons. The zero-order valence-electron chi connectivity index (χ0n) is 13.5. The summed E-state index contributed by atoms with van der Waals surface area (Å²) in [5, 5.41) is 1.07. The number of benzene rings is 2. The van der Waals surface area contributed by atoms with Gasteiger partial charge in [0, 0.05) is 17.1 Å². The lowest BCUT2D eigenvalue weighted by atomic mass is 10.0. The quantitative estimate of drug-likeness (QED) is 0.701. The SMILES string of the molecule is CC(C)c1ccc(COC(=O)Cc2c[nH]c3ccccc23)cc1. The van der Waals surface area contributed by atoms with E-state index in [9.17, 15) is 4.79 Å². The van der Waals surface area contributed by atoms with Gasteiger partial charge < -0.3 is 9.72 Å². The van der Waals surface area contributed by atoms with Gasteiger partial charge in [-0.05, 0) is 28.7 Å². The van der Waals surface area contributed by atoms with Crippen LogP contribution in [0.5, 0.6) is 0 Å². The number of aromatic nitrogens is 1. The first-order chi connectivity index (χ1) is 11.1. The number of nitrogens with one attached hydrogen (secondary N) is 1. The highest BCUT2D eigenvalue weighted by Crippen LogP contribution is 2.19. The Hall–Kier alpha value is -2.55. The summed E-state index contributed by atoms with van der Waals surface area (Å²) in [6.45, 7) is 4.64. The Morgan fingerprint density at radius 3 is 2.57 bits per heavy atom. The number of H-pyrrole nitrogens is 1. The van der Waals surface area contributed by atoms with Gasteiger partial charge in [-0.15, -0.1) is 0 Å². The second-order valence-corrected chi connectivity index (χ2v) is 6.09. The van der Waals surface area contributed by atoms with E-state index in [1.165, 1.54) is 5.56 Å². The van der Waals surface area contributed by atoms with Crippen LogP contribution in [0.4, 0.5) is 0 Å². The molecule has 2 aromatic carbocycles. The summed E-state index contributed by atoms with van der Waals surface area (Å²) in [6.07, 6.45) is 2.16. The molecule has 1 aromatic heterocycles. The Bertz CT molecular complexity index is 800. The third-order valence-corrected chi connectivity index (χ3v) is 4.06. The van der Waals surface area contributed by atoms with E-state index in [2.05, 4.69) is 31.0 Å². The topological polar surface area (TPSA) is 42.1 Å². The molecule has 0 saturated heterocycles. The average Bonchev–Trinajstić information content (AvgIpc) is 2.96. The van der Waals surface area contributed by atoms with Gasteiger partial charge in [-0.2, -0.15) is 0 Å². The molecule has 3 aromatic rings. The molecule has 0 aliphatic carbocycles. The van der Waals surface area contributed by atoms with Crippen LogP contribution in [0.25, 0.3) is 10.9 Å². The number of fused-ring (bicyclic) bond motifs is 1. The van der Waals surface area contributed by atoms with Crippen LogP contribution >= 0.6 is 0 Å². The second-order valence-electron chi connectivity index (χ2n) is 6.09. The largest absolute Gasteiger partial charge is 0.461 e. The van der Waals surface area contributed by atoms with E-state index in [4.69, 9.17) is 4.74 Å². The number of hydrogen-bond donors (Lipinski definition) is 1. The van der Waals surface area contributed by atoms with E-state index in [0.717, 1.165) is 22.0 Å². The third kappa shape index (κ3) is 3.62. The van der Waals surface area contributed by atoms with Gasteiger partial charge in [-0.25, -0.2) is 0 Å². The van der Waals surface area contributed by atoms with E-state index in [-0.39, 0.29) is 12.4 Å². The lowest BCUT2D eigenvalue weighted by molar-refractivity contribution is -0.144. The molecule has 0 bridgehead atoms. The number of aromatic amines is 1. The van der Waals surface area contributed by atoms with Gasteiger partial charge in [0.05, 0.1) is 6.42 Å². The summed E-state index contributed by atoms with van der Waals surface area (Å²) >= 11 is 0. The fourth-order valence-corrected chi connectivity index (χ4v) is 2.65. The molecule has 0 amide bonds. The van der Waals surface area contributed by atoms with Crippen LogP contribution in [0.2, 0.25) is 0 Å². The Labute approximate surface area is 136 Å². The first-order valence-electron chi connectivity index (χ1n) is 7.93. The van der Waals surface area contributed by atoms with Crippen LogP contribution in [0, 0.1) is 0 Å². The second kappa shape index (κ2) is 6.69. The van der Waals surface area contributed by atoms with Gasteiger partial charge in [0.1, 0.15) is 6.61 Å². The van der Waals surface area contributed by atoms with Gasteiger partial charge in [0.15, 0.2) is 0 Å². The van der Waals surface area contributed by atoms with E-state index in [1.807, 2.05) is 42.6 Å². The number of para-hydroxylation sites is 1. The van der Waals surface area contributed by atoms with Crippen molar-refractivity contribution in [1.29, 1.82) is 0 Å². The van der Waals surface area contributed by atoms with E-state index in [0.29, 0.717) is 12.5 Å². The number of carbonyl (C=O) groups excluding carboxylic acids is 1. The van der Waals surface area contributed by atoms with Crippen molar-refractivity contribution in [2.75, 3.05) is 0 Å². The summed E-state index contributed by atoms with van der Waals surface area (Å²) in [4.78, 5) is 15.2. The van der Waals surface area contributed by atoms with Crippen molar-refractivity contribution in [2.45, 2.75) is 32.8 Å². The van der Waals surface area contributed by atoms with Crippen LogP contribution in [-0.2, 0) is 22.6 Å². The van der Waals surface area contributed by atoms with Gasteiger partial charge >= 0.3 is 5.97 Å². The third-order valence-electron chi connectivity index (χ3n) is 4.06. The molecular weight excluding hydrogens is 286 g/mol. The highest BCUT2D eigenvalue weighted by Gasteiger charge is 2.10. The molecular formula is C20H21NO2. The molecule has 0 aliphatic heterocycles. The van der Waals surface area contributed by atoms with Crippen LogP contribution in [0.15, 0.2) is 54.7 Å². The molecule has 118 valence electrons. The summed E-state index contributed by atoms with van der Waals surface area (Å²) in [7, 11) is 0. The highest BCUT2D eigenvalue weighted by molar-refractivity contribution is 5.87. The number of ether oxygens (including phenoxy) is 1. The van der Waals surface area contributed by atoms with Gasteiger partial charge in [0.25, 0.3) is 0 Å². The molecule has 0 fully saturated rings. The molecule has 3 nitrogen and oxygen atoms in total. The van der Waals surface area contributed by atoms with Crippen LogP contribution in [0.1, 0.15) is 36.5 Å². The molecule has 1 N–H and O–H groups in total. The molecule has 0 spiro atoms. The van der Waals surface area contributed by atoms with Crippen molar-refractivity contribution in [3.8, 4) is 0 Å². The predicted molar refractivity (Wildman–Crippen MR) is 92.3 cm³/mol. The van der Waals surface area contributed by atoms with E-state index < -0.39 is 0 Å². The molecule has 23 heavy (non-hydrogen) atoms. The molecule has 0 aliphatic rings. The van der Waals surface area contributed by atoms with Gasteiger partial charge in [-0.1, -0.05) is 56.3 Å².